The summed E-state index contributed by atoms with van der Waals surface area (Å²) in [7, 11) is 0. The summed E-state index contributed by atoms with van der Waals surface area (Å²) in [5.74, 6) is -0.409. The van der Waals surface area contributed by atoms with E-state index in [1.165, 1.54) is 18.6 Å². The van der Waals surface area contributed by atoms with Crippen molar-refractivity contribution in [3.63, 3.8) is 0 Å². The van der Waals surface area contributed by atoms with Gasteiger partial charge in [0.1, 0.15) is 11.9 Å². The minimum Gasteiger partial charge on any atom is -0.342 e. The van der Waals surface area contributed by atoms with Gasteiger partial charge >= 0.3 is 0 Å². The van der Waals surface area contributed by atoms with Gasteiger partial charge in [-0.3, -0.25) is 4.79 Å². The summed E-state index contributed by atoms with van der Waals surface area (Å²) >= 11 is 0. The molecule has 0 unspecified atom stereocenters. The molecule has 1 aliphatic heterocycles. The van der Waals surface area contributed by atoms with Crippen LogP contribution in [0.15, 0.2) is 18.2 Å². The van der Waals surface area contributed by atoms with Crippen LogP contribution in [0.5, 0.6) is 0 Å². The van der Waals surface area contributed by atoms with Gasteiger partial charge in [0.05, 0.1) is 12.1 Å². The van der Waals surface area contributed by atoms with Crippen LogP contribution in [0.2, 0.25) is 0 Å². The molecule has 1 heterocycles. The molecule has 0 aliphatic carbocycles. The zero-order valence-corrected chi connectivity index (χ0v) is 11.4. The van der Waals surface area contributed by atoms with Crippen molar-refractivity contribution in [2.75, 3.05) is 19.6 Å². The van der Waals surface area contributed by atoms with Crippen molar-refractivity contribution in [3.8, 4) is 6.07 Å². The smallest absolute Gasteiger partial charge is 0.236 e. The van der Waals surface area contributed by atoms with Gasteiger partial charge in [0.15, 0.2) is 0 Å². The molecule has 1 fully saturated rings. The van der Waals surface area contributed by atoms with Gasteiger partial charge < -0.3 is 10.2 Å². The number of benzene rings is 1. The highest BCUT2D eigenvalue weighted by molar-refractivity contribution is 5.78. The second-order valence-electron chi connectivity index (χ2n) is 4.97. The van der Waals surface area contributed by atoms with E-state index < -0.39 is 5.82 Å². The van der Waals surface area contributed by atoms with Gasteiger partial charge in [0, 0.05) is 19.6 Å². The highest BCUT2D eigenvalue weighted by Crippen LogP contribution is 2.10. The van der Waals surface area contributed by atoms with E-state index in [0.29, 0.717) is 6.54 Å². The lowest BCUT2D eigenvalue weighted by Gasteiger charge is -2.26. The van der Waals surface area contributed by atoms with E-state index in [-0.39, 0.29) is 18.0 Å². The minimum atomic E-state index is -0.513. The van der Waals surface area contributed by atoms with Crippen LogP contribution in [0.1, 0.15) is 30.4 Å². The Morgan fingerprint density at radius 2 is 2.10 bits per heavy atom. The predicted octanol–water partition coefficient (Wildman–Crippen LogP) is 1.80. The van der Waals surface area contributed by atoms with Crippen molar-refractivity contribution < 1.29 is 9.18 Å². The van der Waals surface area contributed by atoms with E-state index in [1.807, 2.05) is 11.0 Å². The third-order valence-corrected chi connectivity index (χ3v) is 3.47. The van der Waals surface area contributed by atoms with Crippen molar-refractivity contribution in [1.82, 2.24) is 10.2 Å². The maximum absolute atomic E-state index is 13.2. The number of nitriles is 1. The summed E-state index contributed by atoms with van der Waals surface area (Å²) in [6, 6.07) is 6.22. The molecule has 1 aromatic rings. The summed E-state index contributed by atoms with van der Waals surface area (Å²) < 4.78 is 13.2. The number of carbonyl (C=O) groups is 1. The number of carbonyl (C=O) groups excluding carboxylic acids is 1. The normalized spacial score (nSPS) is 14.9. The van der Waals surface area contributed by atoms with Crippen LogP contribution in [-0.4, -0.2) is 30.4 Å². The number of nitrogens with one attached hydrogen (secondary N) is 1. The standard InChI is InChI=1S/C15H18FN3O/c16-14-5-4-12(8-13(14)9-17)10-18-11-15(20)19-6-2-1-3-7-19/h4-5,8,18H,1-3,6-7,10-11H2. The fraction of sp³-hybridized carbons (Fsp3) is 0.467. The number of amides is 1. The number of hydrogen-bond donors (Lipinski definition) is 1. The van der Waals surface area contributed by atoms with E-state index in [2.05, 4.69) is 5.32 Å². The first-order chi connectivity index (χ1) is 9.70. The molecule has 1 aliphatic rings. The third kappa shape index (κ3) is 3.78. The van der Waals surface area contributed by atoms with Crippen molar-refractivity contribution in [2.45, 2.75) is 25.8 Å². The number of piperidine rings is 1. The van der Waals surface area contributed by atoms with Crippen LogP contribution in [0.25, 0.3) is 0 Å². The number of halogens is 1. The summed E-state index contributed by atoms with van der Waals surface area (Å²) in [4.78, 5) is 13.8. The van der Waals surface area contributed by atoms with Crippen molar-refractivity contribution in [1.29, 1.82) is 5.26 Å². The van der Waals surface area contributed by atoms with E-state index in [4.69, 9.17) is 5.26 Å². The first-order valence-electron chi connectivity index (χ1n) is 6.88. The number of hydrogen-bond acceptors (Lipinski definition) is 3. The Bertz CT molecular complexity index is 518. The lowest BCUT2D eigenvalue weighted by molar-refractivity contribution is -0.131. The fourth-order valence-electron chi connectivity index (χ4n) is 2.34. The topological polar surface area (TPSA) is 56.1 Å². The minimum absolute atomic E-state index is 0.0339. The molecular weight excluding hydrogens is 257 g/mol. The van der Waals surface area contributed by atoms with E-state index in [0.717, 1.165) is 31.5 Å². The molecule has 4 nitrogen and oxygen atoms in total. The van der Waals surface area contributed by atoms with Crippen LogP contribution in [0.4, 0.5) is 4.39 Å². The SMILES string of the molecule is N#Cc1cc(CNCC(=O)N2CCCCC2)ccc1F. The molecule has 0 saturated carbocycles. The van der Waals surface area contributed by atoms with Crippen molar-refractivity contribution in [3.05, 3.63) is 35.1 Å². The van der Waals surface area contributed by atoms with Crippen LogP contribution in [-0.2, 0) is 11.3 Å². The second-order valence-corrected chi connectivity index (χ2v) is 4.97. The van der Waals surface area contributed by atoms with Crippen LogP contribution in [0.3, 0.4) is 0 Å². The first kappa shape index (κ1) is 14.5. The number of likely N-dealkylation sites (tertiary alicyclic amines) is 1. The monoisotopic (exact) mass is 275 g/mol. The molecule has 1 amide bonds. The Labute approximate surface area is 118 Å². The molecule has 0 radical (unpaired) electrons. The van der Waals surface area contributed by atoms with Gasteiger partial charge in [-0.05, 0) is 37.0 Å². The zero-order chi connectivity index (χ0) is 14.4. The molecule has 0 bridgehead atoms. The van der Waals surface area contributed by atoms with Crippen LogP contribution >= 0.6 is 0 Å². The average Bonchev–Trinajstić information content (AvgIpc) is 2.49. The van der Waals surface area contributed by atoms with E-state index >= 15 is 0 Å². The molecule has 2 rings (SSSR count). The highest BCUT2D eigenvalue weighted by atomic mass is 19.1. The number of nitrogens with zero attached hydrogens (tertiary/aromatic N) is 2. The van der Waals surface area contributed by atoms with Gasteiger partial charge in [0.25, 0.3) is 0 Å². The van der Waals surface area contributed by atoms with Crippen molar-refractivity contribution >= 4 is 5.91 Å². The van der Waals surface area contributed by atoms with E-state index in [9.17, 15) is 9.18 Å². The lowest BCUT2D eigenvalue weighted by atomic mass is 10.1. The largest absolute Gasteiger partial charge is 0.342 e. The van der Waals surface area contributed by atoms with Crippen LogP contribution < -0.4 is 5.32 Å². The molecule has 0 atom stereocenters. The maximum atomic E-state index is 13.2. The predicted molar refractivity (Wildman–Crippen MR) is 73.3 cm³/mol. The molecule has 1 saturated heterocycles. The summed E-state index contributed by atoms with van der Waals surface area (Å²) in [6.07, 6.45) is 3.36. The van der Waals surface area contributed by atoms with Crippen molar-refractivity contribution in [2.24, 2.45) is 0 Å². The fourth-order valence-corrected chi connectivity index (χ4v) is 2.34. The van der Waals surface area contributed by atoms with E-state index in [1.54, 1.807) is 6.07 Å². The molecule has 106 valence electrons. The quantitative estimate of drug-likeness (QED) is 0.911. The molecular formula is C15H18FN3O. The van der Waals surface area contributed by atoms with Gasteiger partial charge in [-0.15, -0.1) is 0 Å². The third-order valence-electron chi connectivity index (χ3n) is 3.47. The average molecular weight is 275 g/mol. The van der Waals surface area contributed by atoms with Gasteiger partial charge in [0.2, 0.25) is 5.91 Å². The first-order valence-corrected chi connectivity index (χ1v) is 6.88. The maximum Gasteiger partial charge on any atom is 0.236 e. The Hall–Kier alpha value is -1.93. The van der Waals surface area contributed by atoms with Gasteiger partial charge in [-0.1, -0.05) is 6.07 Å². The van der Waals surface area contributed by atoms with Crippen LogP contribution in [0, 0.1) is 17.1 Å². The Morgan fingerprint density at radius 1 is 1.35 bits per heavy atom. The molecule has 1 aromatic carbocycles. The molecule has 0 spiro atoms. The summed E-state index contributed by atoms with van der Waals surface area (Å²) in [6.45, 7) is 2.42. The summed E-state index contributed by atoms with van der Waals surface area (Å²) in [5, 5.41) is 11.8. The number of rotatable bonds is 4. The summed E-state index contributed by atoms with van der Waals surface area (Å²) in [5.41, 5.74) is 0.834. The zero-order valence-electron chi connectivity index (χ0n) is 11.4. The lowest BCUT2D eigenvalue weighted by Crippen LogP contribution is -2.40. The van der Waals surface area contributed by atoms with Gasteiger partial charge in [-0.25, -0.2) is 4.39 Å². The van der Waals surface area contributed by atoms with Gasteiger partial charge in [-0.2, -0.15) is 5.26 Å². The molecule has 20 heavy (non-hydrogen) atoms. The molecule has 1 N–H and O–H groups in total. The molecule has 5 heteroatoms. The Balaban J connectivity index is 1.80. The highest BCUT2D eigenvalue weighted by Gasteiger charge is 2.15. The molecule has 0 aromatic heterocycles. The second kappa shape index (κ2) is 7.01. The Kier molecular flexibility index (Phi) is 5.08. The Morgan fingerprint density at radius 3 is 2.80 bits per heavy atom.